The summed E-state index contributed by atoms with van der Waals surface area (Å²) < 4.78 is 6.59. The second kappa shape index (κ2) is 6.95. The van der Waals surface area contributed by atoms with Gasteiger partial charge in [0.1, 0.15) is 5.75 Å². The van der Waals surface area contributed by atoms with E-state index in [-0.39, 0.29) is 17.4 Å². The highest BCUT2D eigenvalue weighted by molar-refractivity contribution is 5.45. The molecule has 1 aromatic carbocycles. The molecule has 0 aliphatic carbocycles. The third kappa shape index (κ3) is 3.86. The molecule has 0 aliphatic rings. The van der Waals surface area contributed by atoms with Gasteiger partial charge in [0.05, 0.1) is 18.3 Å². The average molecular weight is 288 g/mol. The van der Waals surface area contributed by atoms with Crippen molar-refractivity contribution >= 4 is 5.69 Å². The van der Waals surface area contributed by atoms with Crippen LogP contribution < -0.4 is 10.9 Å². The van der Waals surface area contributed by atoms with Gasteiger partial charge in [0.2, 0.25) is 0 Å². The number of aromatic nitrogens is 1. The van der Waals surface area contributed by atoms with Crippen LogP contribution in [0.4, 0.5) is 5.69 Å². The van der Waals surface area contributed by atoms with Gasteiger partial charge >= 0.3 is 0 Å². The van der Waals surface area contributed by atoms with Gasteiger partial charge in [0.15, 0.2) is 0 Å². The predicted octanol–water partition coefficient (Wildman–Crippen LogP) is 2.37. The van der Waals surface area contributed by atoms with E-state index in [2.05, 4.69) is 5.32 Å². The topological polar surface area (TPSA) is 63.5 Å². The minimum absolute atomic E-state index is 0.0622. The molecule has 1 heterocycles. The van der Waals surface area contributed by atoms with Crippen molar-refractivity contribution < 1.29 is 9.84 Å². The summed E-state index contributed by atoms with van der Waals surface area (Å²) in [6.45, 7) is 2.95. The number of rotatable bonds is 6. The van der Waals surface area contributed by atoms with Gasteiger partial charge in [-0.25, -0.2) is 0 Å². The molecule has 2 aromatic rings. The van der Waals surface area contributed by atoms with Crippen LogP contribution in [0.2, 0.25) is 0 Å². The first-order chi connectivity index (χ1) is 10.1. The number of phenolic OH excluding ortho intramolecular Hbond substituents is 1. The summed E-state index contributed by atoms with van der Waals surface area (Å²) in [6, 6.07) is 10.4. The van der Waals surface area contributed by atoms with Gasteiger partial charge in [0.25, 0.3) is 5.56 Å². The zero-order valence-electron chi connectivity index (χ0n) is 12.2. The monoisotopic (exact) mass is 288 g/mol. The van der Waals surface area contributed by atoms with Gasteiger partial charge in [-0.2, -0.15) is 0 Å². The zero-order chi connectivity index (χ0) is 15.2. The van der Waals surface area contributed by atoms with Crippen molar-refractivity contribution in [2.75, 3.05) is 19.0 Å². The van der Waals surface area contributed by atoms with E-state index in [9.17, 15) is 9.90 Å². The van der Waals surface area contributed by atoms with Gasteiger partial charge in [-0.1, -0.05) is 18.2 Å². The largest absolute Gasteiger partial charge is 0.508 e. The highest BCUT2D eigenvalue weighted by atomic mass is 16.5. The molecule has 5 heteroatoms. The summed E-state index contributed by atoms with van der Waals surface area (Å²) in [7, 11) is 1.60. The van der Waals surface area contributed by atoms with Crippen LogP contribution in [0, 0.1) is 0 Å². The Kier molecular flexibility index (Phi) is 5.00. The Bertz CT molecular complexity index is 652. The maximum Gasteiger partial charge on any atom is 0.250 e. The Hall–Kier alpha value is -2.27. The molecule has 0 amide bonds. The maximum atomic E-state index is 11.7. The van der Waals surface area contributed by atoms with E-state index >= 15 is 0 Å². The van der Waals surface area contributed by atoms with Crippen LogP contribution in [0.25, 0.3) is 0 Å². The lowest BCUT2D eigenvalue weighted by Crippen LogP contribution is -2.21. The summed E-state index contributed by atoms with van der Waals surface area (Å²) in [5, 5.41) is 13.1. The molecule has 0 saturated carbocycles. The quantitative estimate of drug-likeness (QED) is 0.856. The van der Waals surface area contributed by atoms with E-state index in [4.69, 9.17) is 4.74 Å². The zero-order valence-corrected chi connectivity index (χ0v) is 12.2. The number of nitrogens with one attached hydrogen (secondary N) is 1. The van der Waals surface area contributed by atoms with Gasteiger partial charge < -0.3 is 19.7 Å². The normalized spacial score (nSPS) is 12.1. The molecular formula is C16H20N2O3. The molecule has 1 atom stereocenters. The Labute approximate surface area is 123 Å². The molecule has 112 valence electrons. The SMILES string of the molecule is COCCn1cc(NC(C)c2ccccc2O)ccc1=O. The lowest BCUT2D eigenvalue weighted by Gasteiger charge is -2.17. The first kappa shape index (κ1) is 15.1. The van der Waals surface area contributed by atoms with E-state index in [1.807, 2.05) is 19.1 Å². The molecule has 2 N–H and O–H groups in total. The van der Waals surface area contributed by atoms with Crippen molar-refractivity contribution in [1.29, 1.82) is 0 Å². The van der Waals surface area contributed by atoms with Crippen LogP contribution in [0.15, 0.2) is 47.4 Å². The van der Waals surface area contributed by atoms with Crippen LogP contribution in [0.3, 0.4) is 0 Å². The molecule has 21 heavy (non-hydrogen) atoms. The molecule has 0 fully saturated rings. The van der Waals surface area contributed by atoms with Crippen LogP contribution in [-0.4, -0.2) is 23.4 Å². The van der Waals surface area contributed by atoms with Crippen LogP contribution in [0.1, 0.15) is 18.5 Å². The number of hydrogen-bond donors (Lipinski definition) is 2. The molecule has 2 rings (SSSR count). The second-order valence-electron chi connectivity index (χ2n) is 4.87. The number of benzene rings is 1. The van der Waals surface area contributed by atoms with E-state index in [0.717, 1.165) is 11.3 Å². The Morgan fingerprint density at radius 3 is 2.76 bits per heavy atom. The minimum Gasteiger partial charge on any atom is -0.508 e. The van der Waals surface area contributed by atoms with Crippen molar-refractivity contribution in [2.45, 2.75) is 19.5 Å². The van der Waals surface area contributed by atoms with Gasteiger partial charge in [-0.3, -0.25) is 4.79 Å². The standard InChI is InChI=1S/C16H20N2O3/c1-12(14-5-3-4-6-15(14)19)17-13-7-8-16(20)18(11-13)9-10-21-2/h3-8,11-12,17,19H,9-10H2,1-2H3. The van der Waals surface area contributed by atoms with E-state index < -0.39 is 0 Å². The van der Waals surface area contributed by atoms with Crippen molar-refractivity contribution in [3.05, 3.63) is 58.5 Å². The number of aromatic hydroxyl groups is 1. The van der Waals surface area contributed by atoms with Crippen molar-refractivity contribution in [3.63, 3.8) is 0 Å². The second-order valence-corrected chi connectivity index (χ2v) is 4.87. The minimum atomic E-state index is -0.0698. The first-order valence-electron chi connectivity index (χ1n) is 6.85. The van der Waals surface area contributed by atoms with Crippen molar-refractivity contribution in [2.24, 2.45) is 0 Å². The Balaban J connectivity index is 2.16. The van der Waals surface area contributed by atoms with E-state index in [1.165, 1.54) is 6.07 Å². The number of para-hydroxylation sites is 1. The van der Waals surface area contributed by atoms with Gasteiger partial charge in [-0.15, -0.1) is 0 Å². The molecule has 0 spiro atoms. The Morgan fingerprint density at radius 2 is 2.05 bits per heavy atom. The van der Waals surface area contributed by atoms with E-state index in [1.54, 1.807) is 36.1 Å². The van der Waals surface area contributed by atoms with Crippen LogP contribution in [-0.2, 0) is 11.3 Å². The number of nitrogens with zero attached hydrogens (tertiary/aromatic N) is 1. The molecule has 1 aromatic heterocycles. The lowest BCUT2D eigenvalue weighted by molar-refractivity contribution is 0.186. The highest BCUT2D eigenvalue weighted by Crippen LogP contribution is 2.26. The maximum absolute atomic E-state index is 11.7. The number of pyridine rings is 1. The molecule has 0 radical (unpaired) electrons. The third-order valence-corrected chi connectivity index (χ3v) is 3.31. The van der Waals surface area contributed by atoms with Gasteiger partial charge in [0, 0.05) is 31.5 Å². The number of ether oxygens (including phenoxy) is 1. The number of anilines is 1. The lowest BCUT2D eigenvalue weighted by atomic mass is 10.1. The van der Waals surface area contributed by atoms with Crippen LogP contribution >= 0.6 is 0 Å². The summed E-state index contributed by atoms with van der Waals surface area (Å²) >= 11 is 0. The number of phenols is 1. The predicted molar refractivity (Wildman–Crippen MR) is 82.7 cm³/mol. The summed E-state index contributed by atoms with van der Waals surface area (Å²) in [6.07, 6.45) is 1.76. The molecule has 0 bridgehead atoms. The fourth-order valence-electron chi connectivity index (χ4n) is 2.16. The smallest absolute Gasteiger partial charge is 0.250 e. The fraction of sp³-hybridized carbons (Fsp3) is 0.312. The van der Waals surface area contributed by atoms with E-state index in [0.29, 0.717) is 13.2 Å². The average Bonchev–Trinajstić information content (AvgIpc) is 2.48. The third-order valence-electron chi connectivity index (χ3n) is 3.31. The Morgan fingerprint density at radius 1 is 1.29 bits per heavy atom. The summed E-state index contributed by atoms with van der Waals surface area (Å²) in [4.78, 5) is 11.7. The number of hydrogen-bond acceptors (Lipinski definition) is 4. The van der Waals surface area contributed by atoms with Crippen molar-refractivity contribution in [1.82, 2.24) is 4.57 Å². The van der Waals surface area contributed by atoms with Gasteiger partial charge in [-0.05, 0) is 19.1 Å². The fourth-order valence-corrected chi connectivity index (χ4v) is 2.16. The molecular weight excluding hydrogens is 268 g/mol. The number of methoxy groups -OCH3 is 1. The molecule has 5 nitrogen and oxygen atoms in total. The van der Waals surface area contributed by atoms with Crippen LogP contribution in [0.5, 0.6) is 5.75 Å². The highest BCUT2D eigenvalue weighted by Gasteiger charge is 2.10. The van der Waals surface area contributed by atoms with Crippen molar-refractivity contribution in [3.8, 4) is 5.75 Å². The molecule has 0 aliphatic heterocycles. The molecule has 0 saturated heterocycles. The summed E-state index contributed by atoms with van der Waals surface area (Å²) in [5.41, 5.74) is 1.57. The first-order valence-corrected chi connectivity index (χ1v) is 6.85. The molecule has 1 unspecified atom stereocenters. The summed E-state index contributed by atoms with van der Waals surface area (Å²) in [5.74, 6) is 0.255.